The van der Waals surface area contributed by atoms with Gasteiger partial charge in [0.2, 0.25) is 0 Å². The number of nitrogens with one attached hydrogen (secondary N) is 1. The summed E-state index contributed by atoms with van der Waals surface area (Å²) < 4.78 is 5.33. The number of ether oxygens (including phenoxy) is 1. The van der Waals surface area contributed by atoms with E-state index in [9.17, 15) is 4.79 Å². The van der Waals surface area contributed by atoms with Crippen LogP contribution in [0.4, 0.5) is 0 Å². The van der Waals surface area contributed by atoms with Crippen LogP contribution in [0.1, 0.15) is 19.3 Å². The summed E-state index contributed by atoms with van der Waals surface area (Å²) in [5.41, 5.74) is 6.13. The molecular weight excluding hydrogens is 238 g/mol. The summed E-state index contributed by atoms with van der Waals surface area (Å²) in [6.07, 6.45) is 9.46. The average molecular weight is 255 g/mol. The van der Waals surface area contributed by atoms with Crippen molar-refractivity contribution in [1.29, 1.82) is 0 Å². The predicted octanol–water partition coefficient (Wildman–Crippen LogP) is 2.04. The third kappa shape index (κ3) is 1.89. The number of carbonyl (C=O) groups is 1. The summed E-state index contributed by atoms with van der Waals surface area (Å²) in [6.45, 7) is 2.43. The Balaban J connectivity index is 1.42. The predicted molar refractivity (Wildman–Crippen MR) is 72.4 cm³/mol. The van der Waals surface area contributed by atoms with Gasteiger partial charge in [-0.1, -0.05) is 6.08 Å². The number of fused-ring (bicyclic) bond motifs is 2. The Kier molecular flexibility index (Phi) is 2.49. The molecule has 0 bridgehead atoms. The van der Waals surface area contributed by atoms with E-state index in [0.717, 1.165) is 50.2 Å². The molecule has 1 amide bonds. The molecule has 2 fully saturated rings. The standard InChI is InChI=1S/C16H17NO2/c18-16(17-9-10-3-5-19-6-4-10)13-2-1-12-14-7-11(14)8-15(12)13/h1-2,8,10H,3-7,9H2,(H,17,18). The zero-order valence-electron chi connectivity index (χ0n) is 10.9. The molecule has 4 aliphatic rings. The molecule has 0 radical (unpaired) electrons. The first-order valence-corrected chi connectivity index (χ1v) is 7.05. The third-order valence-electron chi connectivity index (χ3n) is 4.41. The summed E-state index contributed by atoms with van der Waals surface area (Å²) in [7, 11) is 0. The van der Waals surface area contributed by atoms with Gasteiger partial charge in [0.25, 0.3) is 5.91 Å². The lowest BCUT2D eigenvalue weighted by Crippen LogP contribution is -2.32. The van der Waals surface area contributed by atoms with Crippen molar-refractivity contribution in [2.45, 2.75) is 19.3 Å². The van der Waals surface area contributed by atoms with E-state index >= 15 is 0 Å². The lowest BCUT2D eigenvalue weighted by atomic mass is 10.00. The Morgan fingerprint density at radius 1 is 1.26 bits per heavy atom. The Hall–Kier alpha value is -1.61. The summed E-state index contributed by atoms with van der Waals surface area (Å²) in [6, 6.07) is 0. The maximum Gasteiger partial charge on any atom is 0.251 e. The van der Waals surface area contributed by atoms with Crippen LogP contribution in [0.15, 0.2) is 46.1 Å². The van der Waals surface area contributed by atoms with E-state index in [1.807, 2.05) is 6.08 Å². The second-order valence-corrected chi connectivity index (χ2v) is 5.67. The molecule has 98 valence electrons. The van der Waals surface area contributed by atoms with Crippen molar-refractivity contribution in [3.63, 3.8) is 0 Å². The van der Waals surface area contributed by atoms with E-state index in [1.54, 1.807) is 0 Å². The van der Waals surface area contributed by atoms with Crippen LogP contribution in [-0.4, -0.2) is 25.7 Å². The number of hydrogen-bond acceptors (Lipinski definition) is 2. The minimum Gasteiger partial charge on any atom is -0.381 e. The molecule has 0 aromatic heterocycles. The Labute approximate surface area is 112 Å². The maximum absolute atomic E-state index is 12.2. The highest BCUT2D eigenvalue weighted by Gasteiger charge is 2.35. The molecule has 4 rings (SSSR count). The van der Waals surface area contributed by atoms with Crippen molar-refractivity contribution in [1.82, 2.24) is 5.32 Å². The van der Waals surface area contributed by atoms with Gasteiger partial charge in [-0.25, -0.2) is 0 Å². The SMILES string of the molecule is O=C(NCC1CCOCC1)C1=C2C=C3CC3=C2C=C1. The number of allylic oxidation sites excluding steroid dienone is 6. The fraction of sp³-hybridized carbons (Fsp3) is 0.438. The van der Waals surface area contributed by atoms with Gasteiger partial charge < -0.3 is 10.1 Å². The van der Waals surface area contributed by atoms with Crippen LogP contribution in [0.3, 0.4) is 0 Å². The monoisotopic (exact) mass is 255 g/mol. The second-order valence-electron chi connectivity index (χ2n) is 5.67. The highest BCUT2D eigenvalue weighted by atomic mass is 16.5. The van der Waals surface area contributed by atoms with Gasteiger partial charge in [-0.15, -0.1) is 0 Å². The van der Waals surface area contributed by atoms with E-state index in [1.165, 1.54) is 16.7 Å². The Morgan fingerprint density at radius 2 is 2.11 bits per heavy atom. The van der Waals surface area contributed by atoms with E-state index in [4.69, 9.17) is 4.74 Å². The van der Waals surface area contributed by atoms with Gasteiger partial charge in [-0.2, -0.15) is 0 Å². The molecule has 0 aromatic rings. The lowest BCUT2D eigenvalue weighted by molar-refractivity contribution is -0.117. The van der Waals surface area contributed by atoms with Crippen LogP contribution in [-0.2, 0) is 9.53 Å². The molecular formula is C16H17NO2. The van der Waals surface area contributed by atoms with Crippen molar-refractivity contribution < 1.29 is 9.53 Å². The first-order chi connectivity index (χ1) is 9.33. The summed E-state index contributed by atoms with van der Waals surface area (Å²) in [5.74, 6) is 0.647. The molecule has 0 atom stereocenters. The molecule has 1 aliphatic heterocycles. The number of hydrogen-bond donors (Lipinski definition) is 1. The summed E-state index contributed by atoms with van der Waals surface area (Å²) in [5, 5.41) is 3.08. The molecule has 3 aliphatic carbocycles. The summed E-state index contributed by atoms with van der Waals surface area (Å²) in [4.78, 5) is 12.2. The van der Waals surface area contributed by atoms with Crippen LogP contribution >= 0.6 is 0 Å². The van der Waals surface area contributed by atoms with E-state index in [-0.39, 0.29) is 5.91 Å². The third-order valence-corrected chi connectivity index (χ3v) is 4.41. The smallest absolute Gasteiger partial charge is 0.251 e. The molecule has 1 N–H and O–H groups in total. The fourth-order valence-corrected chi connectivity index (χ4v) is 3.12. The molecule has 1 heterocycles. The number of rotatable bonds is 3. The average Bonchev–Trinajstić information content (AvgIpc) is 2.93. The van der Waals surface area contributed by atoms with Gasteiger partial charge >= 0.3 is 0 Å². The number of amides is 1. The van der Waals surface area contributed by atoms with Crippen LogP contribution in [0.25, 0.3) is 0 Å². The van der Waals surface area contributed by atoms with Crippen molar-refractivity contribution in [2.75, 3.05) is 19.8 Å². The zero-order chi connectivity index (χ0) is 12.8. The highest BCUT2D eigenvalue weighted by molar-refractivity contribution is 6.01. The van der Waals surface area contributed by atoms with Crippen LogP contribution < -0.4 is 5.32 Å². The fourth-order valence-electron chi connectivity index (χ4n) is 3.12. The van der Waals surface area contributed by atoms with Crippen molar-refractivity contribution in [3.05, 3.63) is 46.1 Å². The maximum atomic E-state index is 12.2. The topological polar surface area (TPSA) is 38.3 Å². The molecule has 1 saturated carbocycles. The lowest BCUT2D eigenvalue weighted by Gasteiger charge is -2.22. The van der Waals surface area contributed by atoms with E-state index in [0.29, 0.717) is 5.92 Å². The molecule has 0 unspecified atom stereocenters. The van der Waals surface area contributed by atoms with E-state index in [2.05, 4.69) is 17.5 Å². The van der Waals surface area contributed by atoms with Crippen LogP contribution in [0.5, 0.6) is 0 Å². The van der Waals surface area contributed by atoms with Gasteiger partial charge in [0.15, 0.2) is 0 Å². The highest BCUT2D eigenvalue weighted by Crippen LogP contribution is 2.51. The molecule has 3 heteroatoms. The van der Waals surface area contributed by atoms with E-state index < -0.39 is 0 Å². The quantitative estimate of drug-likeness (QED) is 0.838. The Bertz CT molecular complexity index is 572. The first kappa shape index (κ1) is 11.2. The Morgan fingerprint density at radius 3 is 2.95 bits per heavy atom. The van der Waals surface area contributed by atoms with Gasteiger partial charge in [0.05, 0.1) is 0 Å². The normalized spacial score (nSPS) is 24.5. The van der Waals surface area contributed by atoms with Crippen molar-refractivity contribution in [2.24, 2.45) is 5.92 Å². The van der Waals surface area contributed by atoms with Crippen molar-refractivity contribution >= 4 is 5.91 Å². The second kappa shape index (κ2) is 4.20. The first-order valence-electron chi connectivity index (χ1n) is 7.05. The molecule has 3 nitrogen and oxygen atoms in total. The molecule has 0 spiro atoms. The van der Waals surface area contributed by atoms with Gasteiger partial charge in [-0.05, 0) is 59.6 Å². The van der Waals surface area contributed by atoms with Gasteiger partial charge in [-0.3, -0.25) is 4.79 Å². The molecule has 1 saturated heterocycles. The zero-order valence-corrected chi connectivity index (χ0v) is 10.9. The summed E-state index contributed by atoms with van der Waals surface area (Å²) >= 11 is 0. The largest absolute Gasteiger partial charge is 0.381 e. The molecule has 19 heavy (non-hydrogen) atoms. The van der Waals surface area contributed by atoms with Crippen molar-refractivity contribution in [3.8, 4) is 0 Å². The van der Waals surface area contributed by atoms with Gasteiger partial charge in [0, 0.05) is 25.3 Å². The minimum atomic E-state index is 0.0755. The van der Waals surface area contributed by atoms with Crippen LogP contribution in [0.2, 0.25) is 0 Å². The van der Waals surface area contributed by atoms with Crippen LogP contribution in [0, 0.1) is 5.92 Å². The van der Waals surface area contributed by atoms with Gasteiger partial charge in [0.1, 0.15) is 0 Å². The molecule has 0 aromatic carbocycles. The minimum absolute atomic E-state index is 0.0755. The number of carbonyl (C=O) groups excluding carboxylic acids is 1.